The number of hydrogen-bond acceptors (Lipinski definition) is 3. The van der Waals surface area contributed by atoms with Gasteiger partial charge in [0.2, 0.25) is 0 Å². The van der Waals surface area contributed by atoms with Crippen LogP contribution < -0.4 is 4.74 Å². The summed E-state index contributed by atoms with van der Waals surface area (Å²) in [5, 5.41) is 8.72. The van der Waals surface area contributed by atoms with Gasteiger partial charge in [-0.3, -0.25) is 4.79 Å². The Hall–Kier alpha value is -2.67. The second kappa shape index (κ2) is 5.78. The summed E-state index contributed by atoms with van der Waals surface area (Å²) < 4.78 is 18.6. The first kappa shape index (κ1) is 12.8. The first-order valence-corrected chi connectivity index (χ1v) is 5.59. The van der Waals surface area contributed by atoms with E-state index >= 15 is 0 Å². The molecule has 0 spiro atoms. The molecule has 0 N–H and O–H groups in total. The van der Waals surface area contributed by atoms with Crippen molar-refractivity contribution in [2.45, 2.75) is 6.61 Å². The molecule has 0 saturated carbocycles. The maximum absolute atomic E-state index is 13.1. The van der Waals surface area contributed by atoms with Crippen LogP contribution in [0.5, 0.6) is 5.75 Å². The van der Waals surface area contributed by atoms with Crippen LogP contribution in [0.2, 0.25) is 0 Å². The number of benzene rings is 2. The van der Waals surface area contributed by atoms with Crippen LogP contribution in [0.15, 0.2) is 42.5 Å². The van der Waals surface area contributed by atoms with E-state index < -0.39 is 5.82 Å². The highest BCUT2D eigenvalue weighted by Gasteiger charge is 2.03. The maximum atomic E-state index is 13.1. The molecule has 0 aromatic heterocycles. The molecule has 0 atom stereocenters. The van der Waals surface area contributed by atoms with E-state index in [4.69, 9.17) is 10.00 Å². The summed E-state index contributed by atoms with van der Waals surface area (Å²) in [5.41, 5.74) is 1.27. The summed E-state index contributed by atoms with van der Waals surface area (Å²) in [5.74, 6) is 0.0648. The van der Waals surface area contributed by atoms with Crippen LogP contribution in [-0.2, 0) is 6.61 Å². The molecule has 0 aliphatic rings. The molecule has 2 aromatic rings. The van der Waals surface area contributed by atoms with Crippen LogP contribution >= 0.6 is 0 Å². The highest BCUT2D eigenvalue weighted by Crippen LogP contribution is 2.15. The number of halogens is 1. The second-order valence-electron chi connectivity index (χ2n) is 3.90. The Balaban J connectivity index is 2.05. The minimum Gasteiger partial charge on any atom is -0.489 e. The molecule has 2 aromatic carbocycles. The maximum Gasteiger partial charge on any atom is 0.150 e. The molecular weight excluding hydrogens is 245 g/mol. The predicted octanol–water partition coefficient (Wildman–Crippen LogP) is 3.09. The lowest BCUT2D eigenvalue weighted by atomic mass is 10.1. The van der Waals surface area contributed by atoms with Gasteiger partial charge in [-0.25, -0.2) is 4.39 Å². The second-order valence-corrected chi connectivity index (χ2v) is 3.90. The minimum atomic E-state index is -0.540. The number of nitriles is 1. The molecule has 4 heteroatoms. The van der Waals surface area contributed by atoms with Gasteiger partial charge >= 0.3 is 0 Å². The van der Waals surface area contributed by atoms with Crippen molar-refractivity contribution in [3.63, 3.8) is 0 Å². The van der Waals surface area contributed by atoms with E-state index in [9.17, 15) is 9.18 Å². The lowest BCUT2D eigenvalue weighted by molar-refractivity contribution is 0.112. The van der Waals surface area contributed by atoms with Gasteiger partial charge in [0.05, 0.1) is 5.56 Å². The van der Waals surface area contributed by atoms with Crippen LogP contribution in [-0.4, -0.2) is 6.29 Å². The van der Waals surface area contributed by atoms with E-state index in [0.29, 0.717) is 16.9 Å². The number of ether oxygens (including phenoxy) is 1. The van der Waals surface area contributed by atoms with Gasteiger partial charge in [0, 0.05) is 5.56 Å². The van der Waals surface area contributed by atoms with Gasteiger partial charge in [0.15, 0.2) is 0 Å². The zero-order valence-corrected chi connectivity index (χ0v) is 9.97. The van der Waals surface area contributed by atoms with Crippen LogP contribution in [0.3, 0.4) is 0 Å². The minimum absolute atomic E-state index is 0.00240. The van der Waals surface area contributed by atoms with Crippen molar-refractivity contribution in [3.05, 3.63) is 65.0 Å². The van der Waals surface area contributed by atoms with Crippen LogP contribution in [0.1, 0.15) is 21.5 Å². The summed E-state index contributed by atoms with van der Waals surface area (Å²) in [6, 6.07) is 12.7. The predicted molar refractivity (Wildman–Crippen MR) is 67.3 cm³/mol. The summed E-state index contributed by atoms with van der Waals surface area (Å²) in [6.07, 6.45) is 0.753. The van der Waals surface area contributed by atoms with E-state index in [2.05, 4.69) is 0 Å². The summed E-state index contributed by atoms with van der Waals surface area (Å²) >= 11 is 0. The Bertz CT molecular complexity index is 630. The molecule has 0 aliphatic carbocycles. The van der Waals surface area contributed by atoms with Crippen molar-refractivity contribution in [2.24, 2.45) is 0 Å². The van der Waals surface area contributed by atoms with Crippen LogP contribution in [0, 0.1) is 17.1 Å². The highest BCUT2D eigenvalue weighted by molar-refractivity contribution is 5.74. The molecule has 3 nitrogen and oxygen atoms in total. The zero-order chi connectivity index (χ0) is 13.7. The number of rotatable bonds is 4. The van der Waals surface area contributed by atoms with Gasteiger partial charge in [-0.15, -0.1) is 0 Å². The molecule has 0 amide bonds. The van der Waals surface area contributed by atoms with Gasteiger partial charge in [-0.05, 0) is 42.0 Å². The largest absolute Gasteiger partial charge is 0.489 e. The highest BCUT2D eigenvalue weighted by atomic mass is 19.1. The number of nitrogens with zero attached hydrogens (tertiary/aromatic N) is 1. The third-order valence-corrected chi connectivity index (χ3v) is 2.57. The van der Waals surface area contributed by atoms with Crippen molar-refractivity contribution in [1.29, 1.82) is 5.26 Å². The lowest BCUT2D eigenvalue weighted by Gasteiger charge is -2.06. The van der Waals surface area contributed by atoms with Gasteiger partial charge in [-0.2, -0.15) is 5.26 Å². The van der Waals surface area contributed by atoms with E-state index in [1.54, 1.807) is 36.4 Å². The summed E-state index contributed by atoms with van der Waals surface area (Å²) in [4.78, 5) is 10.5. The van der Waals surface area contributed by atoms with Gasteiger partial charge in [-0.1, -0.05) is 6.07 Å². The molecule has 0 bridgehead atoms. The van der Waals surface area contributed by atoms with E-state index in [1.165, 1.54) is 12.1 Å². The molecule has 0 radical (unpaired) electrons. The van der Waals surface area contributed by atoms with Crippen molar-refractivity contribution < 1.29 is 13.9 Å². The Morgan fingerprint density at radius 2 is 1.95 bits per heavy atom. The third kappa shape index (κ3) is 3.17. The van der Waals surface area contributed by atoms with Crippen LogP contribution in [0.4, 0.5) is 4.39 Å². The van der Waals surface area contributed by atoms with Gasteiger partial charge in [0.1, 0.15) is 30.5 Å². The normalized spacial score (nSPS) is 9.68. The molecule has 0 heterocycles. The average Bonchev–Trinajstić information content (AvgIpc) is 2.47. The fourth-order valence-corrected chi connectivity index (χ4v) is 1.56. The number of hydrogen-bond donors (Lipinski definition) is 0. The van der Waals surface area contributed by atoms with Crippen molar-refractivity contribution in [2.75, 3.05) is 0 Å². The first-order chi connectivity index (χ1) is 9.22. The molecule has 0 unspecified atom stereocenters. The number of carbonyl (C=O) groups is 1. The SMILES string of the molecule is N#Cc1cc(COc2ccc(C=O)cc2)ccc1F. The fourth-order valence-electron chi connectivity index (χ4n) is 1.56. The summed E-state index contributed by atoms with van der Waals surface area (Å²) in [6.45, 7) is 0.232. The number of aldehydes is 1. The lowest BCUT2D eigenvalue weighted by Crippen LogP contribution is -1.97. The van der Waals surface area contributed by atoms with E-state index in [0.717, 1.165) is 6.29 Å². The molecule has 0 fully saturated rings. The smallest absolute Gasteiger partial charge is 0.150 e. The Morgan fingerprint density at radius 1 is 1.21 bits per heavy atom. The van der Waals surface area contributed by atoms with Gasteiger partial charge in [0.25, 0.3) is 0 Å². The van der Waals surface area contributed by atoms with Crippen LogP contribution in [0.25, 0.3) is 0 Å². The molecule has 0 saturated heterocycles. The van der Waals surface area contributed by atoms with Crippen molar-refractivity contribution >= 4 is 6.29 Å². The molecule has 2 rings (SSSR count). The average molecular weight is 255 g/mol. The number of carbonyl (C=O) groups excluding carboxylic acids is 1. The third-order valence-electron chi connectivity index (χ3n) is 2.57. The molecule has 94 valence electrons. The monoisotopic (exact) mass is 255 g/mol. The van der Waals surface area contributed by atoms with Crippen molar-refractivity contribution in [1.82, 2.24) is 0 Å². The quantitative estimate of drug-likeness (QED) is 0.789. The van der Waals surface area contributed by atoms with E-state index in [-0.39, 0.29) is 12.2 Å². The van der Waals surface area contributed by atoms with Gasteiger partial charge < -0.3 is 4.74 Å². The Kier molecular flexibility index (Phi) is 3.89. The zero-order valence-electron chi connectivity index (χ0n) is 9.97. The van der Waals surface area contributed by atoms with Crippen molar-refractivity contribution in [3.8, 4) is 11.8 Å². The Labute approximate surface area is 109 Å². The fraction of sp³-hybridized carbons (Fsp3) is 0.0667. The first-order valence-electron chi connectivity index (χ1n) is 5.59. The standard InChI is InChI=1S/C15H10FNO2/c16-15-6-3-12(7-13(15)8-17)10-19-14-4-1-11(9-18)2-5-14/h1-7,9H,10H2. The molecular formula is C15H10FNO2. The molecule has 0 aliphatic heterocycles. The van der Waals surface area contributed by atoms with E-state index in [1.807, 2.05) is 0 Å². The Morgan fingerprint density at radius 3 is 2.58 bits per heavy atom. The molecule has 19 heavy (non-hydrogen) atoms. The summed E-state index contributed by atoms with van der Waals surface area (Å²) in [7, 11) is 0. The topological polar surface area (TPSA) is 50.1 Å².